The van der Waals surface area contributed by atoms with Crippen LogP contribution in [0.15, 0.2) is 6.33 Å². The van der Waals surface area contributed by atoms with Crippen molar-refractivity contribution in [2.75, 3.05) is 7.11 Å². The Morgan fingerprint density at radius 3 is 2.50 bits per heavy atom. The molecule has 1 rings (SSSR count). The smallest absolute Gasteiger partial charge is 0.138 e. The summed E-state index contributed by atoms with van der Waals surface area (Å²) in [6.07, 6.45) is 2.95. The lowest BCUT2D eigenvalue weighted by atomic mass is 9.88. The van der Waals surface area contributed by atoms with Crippen molar-refractivity contribution in [1.29, 1.82) is 0 Å². The molecule has 1 N–H and O–H groups in total. The third-order valence-corrected chi connectivity index (χ3v) is 3.39. The van der Waals surface area contributed by atoms with E-state index >= 15 is 0 Å². The van der Waals surface area contributed by atoms with E-state index < -0.39 is 11.7 Å². The zero-order valence-electron chi connectivity index (χ0n) is 10.5. The largest absolute Gasteiger partial charge is 0.390 e. The van der Waals surface area contributed by atoms with Gasteiger partial charge in [-0.25, -0.2) is 4.98 Å². The normalized spacial score (nSPS) is 14.1. The molecule has 0 saturated heterocycles. The lowest BCUT2D eigenvalue weighted by molar-refractivity contribution is -0.107. The number of ether oxygens (including phenoxy) is 1. The molecule has 1 atom stereocenters. The Kier molecular flexibility index (Phi) is 4.44. The average molecular weight is 227 g/mol. The third kappa shape index (κ3) is 2.41. The molecule has 0 amide bonds. The summed E-state index contributed by atoms with van der Waals surface area (Å²) in [7, 11) is 3.47. The van der Waals surface area contributed by atoms with Crippen LogP contribution in [0.25, 0.3) is 0 Å². The van der Waals surface area contributed by atoms with Crippen molar-refractivity contribution in [2.45, 2.75) is 44.8 Å². The number of hydrogen-bond acceptors (Lipinski definition) is 4. The van der Waals surface area contributed by atoms with Crippen molar-refractivity contribution in [3.05, 3.63) is 12.2 Å². The summed E-state index contributed by atoms with van der Waals surface area (Å²) in [6.45, 7) is 4.04. The molecule has 16 heavy (non-hydrogen) atoms. The molecule has 0 radical (unpaired) electrons. The van der Waals surface area contributed by atoms with Gasteiger partial charge in [-0.1, -0.05) is 13.8 Å². The number of nitrogens with zero attached hydrogens (tertiary/aromatic N) is 3. The Hall–Kier alpha value is -0.940. The Balaban J connectivity index is 2.77. The van der Waals surface area contributed by atoms with Crippen LogP contribution in [0.5, 0.6) is 0 Å². The summed E-state index contributed by atoms with van der Waals surface area (Å²) < 4.78 is 7.15. The lowest BCUT2D eigenvalue weighted by Crippen LogP contribution is -2.44. The van der Waals surface area contributed by atoms with E-state index in [2.05, 4.69) is 10.1 Å². The molecule has 1 unspecified atom stereocenters. The van der Waals surface area contributed by atoms with Crippen LogP contribution in [-0.2, 0) is 18.2 Å². The molecule has 0 aliphatic heterocycles. The summed E-state index contributed by atoms with van der Waals surface area (Å²) in [4.78, 5) is 4.11. The monoisotopic (exact) mass is 227 g/mol. The van der Waals surface area contributed by atoms with Gasteiger partial charge in [0.15, 0.2) is 0 Å². The minimum atomic E-state index is -0.560. The van der Waals surface area contributed by atoms with Crippen molar-refractivity contribution in [1.82, 2.24) is 14.8 Å². The van der Waals surface area contributed by atoms with Gasteiger partial charge in [-0.15, -0.1) is 0 Å². The van der Waals surface area contributed by atoms with Crippen molar-refractivity contribution < 1.29 is 9.84 Å². The van der Waals surface area contributed by atoms with Crippen LogP contribution >= 0.6 is 0 Å². The standard InChI is InChI=1S/C11H21N3O2/c1-5-11(6-2,16-4)9(15)7-10-12-8-13-14(10)3/h8-9,15H,5-7H2,1-4H3. The van der Waals surface area contributed by atoms with E-state index in [-0.39, 0.29) is 0 Å². The first-order chi connectivity index (χ1) is 7.59. The van der Waals surface area contributed by atoms with Gasteiger partial charge >= 0.3 is 0 Å². The fraction of sp³-hybridized carbons (Fsp3) is 0.818. The van der Waals surface area contributed by atoms with Crippen LogP contribution in [0.2, 0.25) is 0 Å². The molecule has 1 aromatic rings. The van der Waals surface area contributed by atoms with Gasteiger partial charge in [-0.3, -0.25) is 4.68 Å². The van der Waals surface area contributed by atoms with Gasteiger partial charge in [-0.05, 0) is 12.8 Å². The molecule has 0 saturated carbocycles. The van der Waals surface area contributed by atoms with Crippen molar-refractivity contribution in [2.24, 2.45) is 7.05 Å². The Bertz CT molecular complexity index is 313. The Labute approximate surface area is 96.5 Å². The molecule has 0 aliphatic rings. The number of rotatable bonds is 6. The third-order valence-electron chi connectivity index (χ3n) is 3.39. The van der Waals surface area contributed by atoms with Gasteiger partial charge in [0.05, 0.1) is 11.7 Å². The molecule has 5 nitrogen and oxygen atoms in total. The fourth-order valence-corrected chi connectivity index (χ4v) is 2.01. The van der Waals surface area contributed by atoms with Gasteiger partial charge in [0.2, 0.25) is 0 Å². The Morgan fingerprint density at radius 1 is 1.50 bits per heavy atom. The molecule has 0 spiro atoms. The molecule has 5 heteroatoms. The number of hydrogen-bond donors (Lipinski definition) is 1. The number of aliphatic hydroxyl groups is 1. The number of aryl methyl sites for hydroxylation is 1. The molecule has 1 heterocycles. The summed E-state index contributed by atoms with van der Waals surface area (Å²) in [5.74, 6) is 0.774. The molecule has 0 bridgehead atoms. The highest BCUT2D eigenvalue weighted by Gasteiger charge is 2.35. The van der Waals surface area contributed by atoms with Crippen LogP contribution in [0.4, 0.5) is 0 Å². The van der Waals surface area contributed by atoms with E-state index in [1.54, 1.807) is 11.8 Å². The fourth-order valence-electron chi connectivity index (χ4n) is 2.01. The number of aliphatic hydroxyl groups excluding tert-OH is 1. The van der Waals surface area contributed by atoms with Gasteiger partial charge in [-0.2, -0.15) is 5.10 Å². The number of aromatic nitrogens is 3. The van der Waals surface area contributed by atoms with Gasteiger partial charge in [0.25, 0.3) is 0 Å². The topological polar surface area (TPSA) is 60.2 Å². The first kappa shape index (κ1) is 13.1. The zero-order valence-corrected chi connectivity index (χ0v) is 10.5. The van der Waals surface area contributed by atoms with Crippen LogP contribution in [-0.4, -0.2) is 38.7 Å². The van der Waals surface area contributed by atoms with Crippen LogP contribution in [0.3, 0.4) is 0 Å². The maximum Gasteiger partial charge on any atom is 0.138 e. The number of methoxy groups -OCH3 is 1. The molecule has 0 aromatic carbocycles. The van der Waals surface area contributed by atoms with E-state index in [0.29, 0.717) is 6.42 Å². The van der Waals surface area contributed by atoms with Crippen LogP contribution in [0, 0.1) is 0 Å². The van der Waals surface area contributed by atoms with Gasteiger partial charge < -0.3 is 9.84 Å². The van der Waals surface area contributed by atoms with Crippen molar-refractivity contribution in [3.63, 3.8) is 0 Å². The van der Waals surface area contributed by atoms with Crippen molar-refractivity contribution >= 4 is 0 Å². The SMILES string of the molecule is CCC(CC)(OC)C(O)Cc1ncnn1C. The summed E-state index contributed by atoms with van der Waals surface area (Å²) in [6, 6.07) is 0. The van der Waals surface area contributed by atoms with E-state index in [4.69, 9.17) is 4.74 Å². The van der Waals surface area contributed by atoms with E-state index in [0.717, 1.165) is 18.7 Å². The second-order valence-electron chi connectivity index (χ2n) is 4.00. The maximum absolute atomic E-state index is 10.2. The predicted molar refractivity (Wildman–Crippen MR) is 61.0 cm³/mol. The van der Waals surface area contributed by atoms with E-state index in [1.807, 2.05) is 20.9 Å². The average Bonchev–Trinajstić information content (AvgIpc) is 2.68. The quantitative estimate of drug-likeness (QED) is 0.785. The molecular formula is C11H21N3O2. The van der Waals surface area contributed by atoms with E-state index in [1.165, 1.54) is 6.33 Å². The lowest BCUT2D eigenvalue weighted by Gasteiger charge is -2.34. The molecule has 0 fully saturated rings. The predicted octanol–water partition coefficient (Wildman–Crippen LogP) is 0.924. The molecule has 92 valence electrons. The maximum atomic E-state index is 10.2. The first-order valence-electron chi connectivity index (χ1n) is 5.65. The molecule has 0 aliphatic carbocycles. The minimum absolute atomic E-state index is 0.464. The molecular weight excluding hydrogens is 206 g/mol. The molecule has 1 aromatic heterocycles. The second-order valence-corrected chi connectivity index (χ2v) is 4.00. The van der Waals surface area contributed by atoms with Gasteiger partial charge in [0.1, 0.15) is 12.2 Å². The zero-order chi connectivity index (χ0) is 12.2. The van der Waals surface area contributed by atoms with Gasteiger partial charge in [0, 0.05) is 20.6 Å². The minimum Gasteiger partial charge on any atom is -0.390 e. The summed E-state index contributed by atoms with van der Waals surface area (Å²) >= 11 is 0. The Morgan fingerprint density at radius 2 is 2.12 bits per heavy atom. The highest BCUT2D eigenvalue weighted by Crippen LogP contribution is 2.25. The van der Waals surface area contributed by atoms with E-state index in [9.17, 15) is 5.11 Å². The summed E-state index contributed by atoms with van der Waals surface area (Å²) in [5, 5.41) is 14.2. The van der Waals surface area contributed by atoms with Crippen LogP contribution < -0.4 is 0 Å². The van der Waals surface area contributed by atoms with Crippen molar-refractivity contribution in [3.8, 4) is 0 Å². The van der Waals surface area contributed by atoms with Crippen LogP contribution in [0.1, 0.15) is 32.5 Å². The summed E-state index contributed by atoms with van der Waals surface area (Å²) in [5.41, 5.74) is -0.480. The second kappa shape index (κ2) is 5.41. The highest BCUT2D eigenvalue weighted by molar-refractivity contribution is 4.95. The first-order valence-corrected chi connectivity index (χ1v) is 5.65. The highest BCUT2D eigenvalue weighted by atomic mass is 16.5.